The lowest BCUT2D eigenvalue weighted by Crippen LogP contribution is -2.29. The zero-order valence-corrected chi connectivity index (χ0v) is 19.7. The maximum atomic E-state index is 13.3. The maximum absolute atomic E-state index is 13.3. The van der Waals surface area contributed by atoms with E-state index in [1.807, 2.05) is 46.9 Å². The lowest BCUT2D eigenvalue weighted by atomic mass is 10.1. The van der Waals surface area contributed by atoms with Gasteiger partial charge in [-0.25, -0.2) is 9.97 Å². The predicted octanol–water partition coefficient (Wildman–Crippen LogP) is 3.50. The van der Waals surface area contributed by atoms with Crippen LogP contribution in [0, 0.1) is 0 Å². The summed E-state index contributed by atoms with van der Waals surface area (Å²) in [4.78, 5) is 32.1. The molecule has 0 saturated carbocycles. The number of carbonyl (C=O) groups is 1. The molecule has 1 aliphatic heterocycles. The van der Waals surface area contributed by atoms with Gasteiger partial charge >= 0.3 is 0 Å². The summed E-state index contributed by atoms with van der Waals surface area (Å²) in [5.74, 6) is 0.788. The number of carbonyl (C=O) groups excluding carboxylic acids is 1. The molecule has 1 amide bonds. The molecule has 8 nitrogen and oxygen atoms in total. The van der Waals surface area contributed by atoms with Crippen LogP contribution >= 0.6 is 0 Å². The van der Waals surface area contributed by atoms with Crippen LogP contribution in [-0.4, -0.2) is 63.4 Å². The van der Waals surface area contributed by atoms with Crippen LogP contribution in [0.15, 0.2) is 67.0 Å². The third-order valence-corrected chi connectivity index (χ3v) is 6.67. The number of para-hydroxylation sites is 2. The Balaban J connectivity index is 1.46. The first-order valence-corrected chi connectivity index (χ1v) is 12.0. The number of pyridine rings is 3. The summed E-state index contributed by atoms with van der Waals surface area (Å²) in [6, 6.07) is 17.8. The molecule has 176 valence electrons. The van der Waals surface area contributed by atoms with Gasteiger partial charge in [-0.2, -0.15) is 0 Å². The molecule has 1 fully saturated rings. The quantitative estimate of drug-likeness (QED) is 0.438. The highest BCUT2D eigenvalue weighted by atomic mass is 16.1. The number of hydrogen-bond donors (Lipinski definition) is 1. The molecule has 0 unspecified atom stereocenters. The lowest BCUT2D eigenvalue weighted by molar-refractivity contribution is 0.0952. The van der Waals surface area contributed by atoms with Gasteiger partial charge in [0.05, 0.1) is 16.6 Å². The summed E-state index contributed by atoms with van der Waals surface area (Å²) in [7, 11) is 2.17. The number of anilines is 1. The summed E-state index contributed by atoms with van der Waals surface area (Å²) in [5, 5.41) is 3.93. The number of amides is 1. The van der Waals surface area contributed by atoms with Crippen LogP contribution in [0.3, 0.4) is 0 Å². The summed E-state index contributed by atoms with van der Waals surface area (Å²) >= 11 is 0. The Bertz CT molecular complexity index is 1530. The summed E-state index contributed by atoms with van der Waals surface area (Å²) in [6.45, 7) is 4.43. The van der Waals surface area contributed by atoms with Gasteiger partial charge in [-0.05, 0) is 62.0 Å². The number of aromatic nitrogens is 4. The lowest BCUT2D eigenvalue weighted by Gasteiger charge is -2.22. The predicted molar refractivity (Wildman–Crippen MR) is 138 cm³/mol. The number of rotatable bonds is 4. The number of likely N-dealkylation sites (N-methyl/N-ethyl adjacent to an activating group) is 1. The van der Waals surface area contributed by atoms with Crippen molar-refractivity contribution in [1.29, 1.82) is 0 Å². The minimum atomic E-state index is -0.171. The van der Waals surface area contributed by atoms with E-state index in [2.05, 4.69) is 39.3 Å². The van der Waals surface area contributed by atoms with Crippen LogP contribution in [0.1, 0.15) is 22.3 Å². The van der Waals surface area contributed by atoms with Crippen molar-refractivity contribution in [2.75, 3.05) is 38.1 Å². The standard InChI is InChI=1S/C27H27N7O/c1-32-12-5-13-33(15-14-32)24-10-9-20-16-21(27(35)29-18-19-6-4-11-28-17-19)26-30-22-7-2-3-8-23(22)34(26)25(20)31-24/h2-4,6-11,16-17H,5,12-15,18H2,1H3,(H,29,35). The molecular weight excluding hydrogens is 438 g/mol. The van der Waals surface area contributed by atoms with Crippen LogP contribution in [0.5, 0.6) is 0 Å². The van der Waals surface area contributed by atoms with Crippen molar-refractivity contribution in [3.05, 3.63) is 78.1 Å². The van der Waals surface area contributed by atoms with Crippen LogP contribution in [-0.2, 0) is 6.54 Å². The average Bonchev–Trinajstić information content (AvgIpc) is 3.15. The van der Waals surface area contributed by atoms with Crippen molar-refractivity contribution in [2.45, 2.75) is 13.0 Å². The van der Waals surface area contributed by atoms with Gasteiger partial charge in [0, 0.05) is 44.0 Å². The number of fused-ring (bicyclic) bond motifs is 5. The highest BCUT2D eigenvalue weighted by Crippen LogP contribution is 2.27. The van der Waals surface area contributed by atoms with E-state index in [1.54, 1.807) is 12.4 Å². The molecular formula is C27H27N7O. The van der Waals surface area contributed by atoms with Crippen molar-refractivity contribution < 1.29 is 4.79 Å². The SMILES string of the molecule is CN1CCCN(c2ccc3cc(C(=O)NCc4cccnc4)c4nc5ccccc5n4c3n2)CC1. The average molecular weight is 466 g/mol. The van der Waals surface area contributed by atoms with Gasteiger partial charge in [-0.3, -0.25) is 14.2 Å². The molecule has 0 spiro atoms. The number of nitrogens with zero attached hydrogens (tertiary/aromatic N) is 6. The molecule has 0 radical (unpaired) electrons. The van der Waals surface area contributed by atoms with Crippen LogP contribution in [0.4, 0.5) is 5.82 Å². The molecule has 0 bridgehead atoms. The van der Waals surface area contributed by atoms with E-state index in [9.17, 15) is 4.79 Å². The van der Waals surface area contributed by atoms with Gasteiger partial charge < -0.3 is 15.1 Å². The largest absolute Gasteiger partial charge is 0.355 e. The van der Waals surface area contributed by atoms with E-state index in [4.69, 9.17) is 9.97 Å². The molecule has 6 rings (SSSR count). The van der Waals surface area contributed by atoms with Crippen LogP contribution < -0.4 is 10.2 Å². The van der Waals surface area contributed by atoms with Crippen molar-refractivity contribution >= 4 is 39.4 Å². The van der Waals surface area contributed by atoms with Gasteiger partial charge in [0.2, 0.25) is 0 Å². The topological polar surface area (TPSA) is 78.7 Å². The van der Waals surface area contributed by atoms with E-state index in [1.165, 1.54) is 0 Å². The Labute approximate surface area is 203 Å². The van der Waals surface area contributed by atoms with Gasteiger partial charge in [0.1, 0.15) is 11.5 Å². The van der Waals surface area contributed by atoms with Crippen molar-refractivity contribution in [3.8, 4) is 0 Å². The zero-order valence-electron chi connectivity index (χ0n) is 19.7. The van der Waals surface area contributed by atoms with Crippen molar-refractivity contribution in [3.63, 3.8) is 0 Å². The van der Waals surface area contributed by atoms with Crippen molar-refractivity contribution in [2.24, 2.45) is 0 Å². The maximum Gasteiger partial charge on any atom is 0.255 e. The summed E-state index contributed by atoms with van der Waals surface area (Å²) in [6.07, 6.45) is 4.58. The summed E-state index contributed by atoms with van der Waals surface area (Å²) < 4.78 is 2.02. The second kappa shape index (κ2) is 8.96. The Kier molecular flexibility index (Phi) is 5.50. The Hall–Kier alpha value is -4.04. The Morgan fingerprint density at radius 1 is 0.971 bits per heavy atom. The van der Waals surface area contributed by atoms with Gasteiger partial charge in [-0.15, -0.1) is 0 Å². The molecule has 1 saturated heterocycles. The second-order valence-corrected chi connectivity index (χ2v) is 9.09. The second-order valence-electron chi connectivity index (χ2n) is 9.09. The highest BCUT2D eigenvalue weighted by molar-refractivity contribution is 6.05. The van der Waals surface area contributed by atoms with Crippen LogP contribution in [0.25, 0.3) is 27.7 Å². The molecule has 1 N–H and O–H groups in total. The molecule has 5 heterocycles. The van der Waals surface area contributed by atoms with Gasteiger partial charge in [0.15, 0.2) is 5.65 Å². The highest BCUT2D eigenvalue weighted by Gasteiger charge is 2.20. The van der Waals surface area contributed by atoms with E-state index in [-0.39, 0.29) is 5.91 Å². The number of benzene rings is 1. The van der Waals surface area contributed by atoms with Crippen LogP contribution in [0.2, 0.25) is 0 Å². The molecule has 1 aromatic carbocycles. The molecule has 0 atom stereocenters. The fourth-order valence-corrected chi connectivity index (χ4v) is 4.78. The fourth-order valence-electron chi connectivity index (χ4n) is 4.78. The molecule has 8 heteroatoms. The van der Waals surface area contributed by atoms with E-state index in [0.29, 0.717) is 17.8 Å². The van der Waals surface area contributed by atoms with E-state index in [0.717, 1.165) is 66.0 Å². The Morgan fingerprint density at radius 3 is 2.77 bits per heavy atom. The normalized spacial score (nSPS) is 15.1. The molecule has 35 heavy (non-hydrogen) atoms. The number of imidazole rings is 1. The fraction of sp³-hybridized carbons (Fsp3) is 0.259. The molecule has 1 aliphatic rings. The zero-order chi connectivity index (χ0) is 23.8. The third kappa shape index (κ3) is 4.06. The van der Waals surface area contributed by atoms with Gasteiger partial charge in [0.25, 0.3) is 5.91 Å². The number of hydrogen-bond acceptors (Lipinski definition) is 6. The minimum absolute atomic E-state index is 0.171. The smallest absolute Gasteiger partial charge is 0.255 e. The Morgan fingerprint density at radius 2 is 1.89 bits per heavy atom. The number of nitrogens with one attached hydrogen (secondary N) is 1. The molecule has 5 aromatic rings. The van der Waals surface area contributed by atoms with Crippen molar-refractivity contribution in [1.82, 2.24) is 29.6 Å². The third-order valence-electron chi connectivity index (χ3n) is 6.67. The first kappa shape index (κ1) is 21.5. The first-order chi connectivity index (χ1) is 17.2. The summed E-state index contributed by atoms with van der Waals surface area (Å²) in [5.41, 5.74) is 4.68. The molecule has 0 aliphatic carbocycles. The minimum Gasteiger partial charge on any atom is -0.355 e. The van der Waals surface area contributed by atoms with Gasteiger partial charge in [-0.1, -0.05) is 18.2 Å². The van der Waals surface area contributed by atoms with E-state index < -0.39 is 0 Å². The first-order valence-electron chi connectivity index (χ1n) is 12.0. The molecule has 4 aromatic heterocycles. The van der Waals surface area contributed by atoms with E-state index >= 15 is 0 Å². The monoisotopic (exact) mass is 465 g/mol.